The molecule has 0 atom stereocenters. The Kier molecular flexibility index (Phi) is 31.7. The maximum Gasteiger partial charge on any atom is 0.303 e. The van der Waals surface area contributed by atoms with Gasteiger partial charge >= 0.3 is 5.97 Å². The summed E-state index contributed by atoms with van der Waals surface area (Å²) in [6.45, 7) is 2.26. The molecule has 0 aliphatic rings. The zero-order valence-electron chi connectivity index (χ0n) is 15.4. The molecule has 22 heavy (non-hydrogen) atoms. The summed E-state index contributed by atoms with van der Waals surface area (Å²) in [4.78, 5) is 10.3. The van der Waals surface area contributed by atoms with Gasteiger partial charge in [0.2, 0.25) is 0 Å². The second kappa shape index (κ2) is 24.7. The van der Waals surface area contributed by atoms with Gasteiger partial charge in [0.15, 0.2) is 0 Å². The van der Waals surface area contributed by atoms with Gasteiger partial charge in [0.1, 0.15) is 0 Å². The van der Waals surface area contributed by atoms with Gasteiger partial charge < -0.3 is 5.11 Å². The number of allylic oxidation sites excluding steroid dienone is 2. The van der Waals surface area contributed by atoms with E-state index in [4.69, 9.17) is 5.11 Å². The molecule has 0 heterocycles. The quantitative estimate of drug-likeness (QED) is 0.250. The molecule has 4 heteroatoms. The molecule has 0 bridgehead atoms. The number of hydrogen-bond donors (Lipinski definition) is 1. The van der Waals surface area contributed by atoms with Gasteiger partial charge in [0.05, 0.1) is 0 Å². The number of aliphatic carboxylic acids is 1. The van der Waals surface area contributed by atoms with E-state index >= 15 is 0 Å². The minimum absolute atomic E-state index is 0. The fraction of sp³-hybridized carbons (Fsp3) is 0.833. The first-order chi connectivity index (χ1) is 9.77. The topological polar surface area (TPSA) is 37.3 Å². The summed E-state index contributed by atoms with van der Waals surface area (Å²) in [5.41, 5.74) is 0. The van der Waals surface area contributed by atoms with E-state index in [-0.39, 0.29) is 70.2 Å². The Bertz CT molecular complexity index is 245. The summed E-state index contributed by atoms with van der Waals surface area (Å²) in [6.07, 6.45) is 21.2. The molecule has 0 aromatic carbocycles. The maximum atomic E-state index is 10.3. The predicted octanol–water partition coefficient (Wildman–Crippen LogP) is 5.35. The minimum atomic E-state index is -0.664. The van der Waals surface area contributed by atoms with Crippen molar-refractivity contribution in [1.82, 2.24) is 0 Å². The van der Waals surface area contributed by atoms with Crippen LogP contribution < -0.4 is 0 Å². The summed E-state index contributed by atoms with van der Waals surface area (Å²) in [5.74, 6) is -0.664. The van der Waals surface area contributed by atoms with Gasteiger partial charge in [-0.05, 0) is 32.1 Å². The van der Waals surface area contributed by atoms with Crippen molar-refractivity contribution in [3.8, 4) is 0 Å². The standard InChI is InChI=1S/C18H34O2.K.Li/c1-2-3-4-5-6-7-8-9-10-11-12-13-14-15-16-17-18(19)20;;/h9-10H,2-8,11-17H2,1H3,(H,19,20);;. The van der Waals surface area contributed by atoms with E-state index in [1.807, 2.05) is 0 Å². The third-order valence-electron chi connectivity index (χ3n) is 3.65. The molecule has 0 saturated heterocycles. The molecule has 0 rings (SSSR count). The summed E-state index contributed by atoms with van der Waals surface area (Å²) in [6, 6.07) is 0. The predicted molar refractivity (Wildman–Crippen MR) is 98.6 cm³/mol. The molecule has 0 amide bonds. The molecule has 0 aliphatic carbocycles. The van der Waals surface area contributed by atoms with Crippen molar-refractivity contribution in [1.29, 1.82) is 0 Å². The van der Waals surface area contributed by atoms with Gasteiger partial charge in [-0.15, -0.1) is 0 Å². The molecule has 2 nitrogen and oxygen atoms in total. The molecule has 1 N–H and O–H groups in total. The van der Waals surface area contributed by atoms with Crippen LogP contribution >= 0.6 is 0 Å². The number of carboxylic acids is 1. The van der Waals surface area contributed by atoms with Gasteiger partial charge in [-0.25, -0.2) is 0 Å². The van der Waals surface area contributed by atoms with Crippen molar-refractivity contribution in [3.05, 3.63) is 12.2 Å². The smallest absolute Gasteiger partial charge is 0.303 e. The van der Waals surface area contributed by atoms with Crippen molar-refractivity contribution in [2.45, 2.75) is 96.8 Å². The first kappa shape index (κ1) is 28.3. The van der Waals surface area contributed by atoms with Crippen LogP contribution in [0.1, 0.15) is 96.8 Å². The molecule has 0 aliphatic heterocycles. The normalized spacial score (nSPS) is 10.2. The number of carboxylic acid groups (broad SMARTS) is 1. The molecule has 0 unspecified atom stereocenters. The fourth-order valence-corrected chi connectivity index (χ4v) is 2.35. The molecule has 0 saturated carbocycles. The van der Waals surface area contributed by atoms with Gasteiger partial charge in [-0.2, -0.15) is 0 Å². The summed E-state index contributed by atoms with van der Waals surface area (Å²) in [7, 11) is 0. The Balaban J connectivity index is -0.00000180. The Labute approximate surface area is 192 Å². The number of rotatable bonds is 15. The summed E-state index contributed by atoms with van der Waals surface area (Å²) < 4.78 is 0. The van der Waals surface area contributed by atoms with E-state index < -0.39 is 5.97 Å². The maximum absolute atomic E-state index is 10.3. The van der Waals surface area contributed by atoms with Gasteiger partial charge in [-0.1, -0.05) is 70.4 Å². The summed E-state index contributed by atoms with van der Waals surface area (Å²) in [5, 5.41) is 8.51. The van der Waals surface area contributed by atoms with Crippen LogP contribution in [-0.2, 0) is 4.79 Å². The molecule has 0 fully saturated rings. The largest absolute Gasteiger partial charge is 0.481 e. The van der Waals surface area contributed by atoms with E-state index in [1.165, 1.54) is 70.6 Å². The zero-order valence-corrected chi connectivity index (χ0v) is 18.5. The third kappa shape index (κ3) is 26.3. The Morgan fingerprint density at radius 2 is 1.18 bits per heavy atom. The Hall–Kier alpha value is 1.44. The van der Waals surface area contributed by atoms with Crippen molar-refractivity contribution in [2.24, 2.45) is 0 Å². The second-order valence-corrected chi connectivity index (χ2v) is 5.73. The fourth-order valence-electron chi connectivity index (χ4n) is 2.35. The van der Waals surface area contributed by atoms with Crippen molar-refractivity contribution < 1.29 is 9.90 Å². The van der Waals surface area contributed by atoms with Crippen LogP contribution in [0.25, 0.3) is 0 Å². The Morgan fingerprint density at radius 3 is 1.64 bits per heavy atom. The van der Waals surface area contributed by atoms with Gasteiger partial charge in [-0.3, -0.25) is 4.79 Å². The van der Waals surface area contributed by atoms with Crippen molar-refractivity contribution in [3.63, 3.8) is 0 Å². The average Bonchev–Trinajstić information content (AvgIpc) is 2.43. The van der Waals surface area contributed by atoms with Crippen LogP contribution in [0.5, 0.6) is 0 Å². The van der Waals surface area contributed by atoms with Crippen molar-refractivity contribution >= 4 is 76.2 Å². The number of hydrogen-bond acceptors (Lipinski definition) is 1. The molecule has 0 spiro atoms. The molecule has 2 radical (unpaired) electrons. The van der Waals surface area contributed by atoms with Crippen LogP contribution in [0.3, 0.4) is 0 Å². The number of carbonyl (C=O) groups is 1. The van der Waals surface area contributed by atoms with E-state index in [2.05, 4.69) is 19.1 Å². The minimum Gasteiger partial charge on any atom is -0.481 e. The van der Waals surface area contributed by atoms with E-state index in [1.54, 1.807) is 0 Å². The molecule has 0 aromatic heterocycles. The van der Waals surface area contributed by atoms with Crippen LogP contribution in [0.4, 0.5) is 0 Å². The second-order valence-electron chi connectivity index (χ2n) is 5.73. The average molecular weight is 329 g/mol. The monoisotopic (exact) mass is 328 g/mol. The van der Waals surface area contributed by atoms with Gasteiger partial charge in [0.25, 0.3) is 0 Å². The molecular weight excluding hydrogens is 294 g/mol. The van der Waals surface area contributed by atoms with Crippen LogP contribution in [0.2, 0.25) is 0 Å². The molecule has 120 valence electrons. The third-order valence-corrected chi connectivity index (χ3v) is 3.65. The molecular formula is C18H34KLiO2. The SMILES string of the molecule is CCCCCCCCC=CCCCCCCCC(=O)O.[K].[Li]. The van der Waals surface area contributed by atoms with Crippen LogP contribution in [0, 0.1) is 0 Å². The number of unbranched alkanes of at least 4 members (excludes halogenated alkanes) is 11. The molecule has 0 aromatic rings. The van der Waals surface area contributed by atoms with Crippen LogP contribution in [0.15, 0.2) is 12.2 Å². The van der Waals surface area contributed by atoms with Crippen LogP contribution in [-0.4, -0.2) is 81.3 Å². The zero-order chi connectivity index (χ0) is 14.9. The van der Waals surface area contributed by atoms with E-state index in [0.717, 1.165) is 12.8 Å². The first-order valence-corrected chi connectivity index (χ1v) is 8.64. The van der Waals surface area contributed by atoms with Gasteiger partial charge in [0, 0.05) is 76.7 Å². The van der Waals surface area contributed by atoms with E-state index in [0.29, 0.717) is 6.42 Å². The van der Waals surface area contributed by atoms with E-state index in [9.17, 15) is 4.79 Å². The first-order valence-electron chi connectivity index (χ1n) is 8.64. The summed E-state index contributed by atoms with van der Waals surface area (Å²) >= 11 is 0. The Morgan fingerprint density at radius 1 is 0.773 bits per heavy atom. The van der Waals surface area contributed by atoms with Crippen molar-refractivity contribution in [2.75, 3.05) is 0 Å².